The van der Waals surface area contributed by atoms with Crippen LogP contribution < -0.4 is 0 Å². The van der Waals surface area contributed by atoms with Gasteiger partial charge in [0.1, 0.15) is 13.2 Å². The molecule has 0 aromatic carbocycles. The molecular weight excluding hydrogens is 677 g/mol. The van der Waals surface area contributed by atoms with Crippen molar-refractivity contribution in [3.05, 3.63) is 0 Å². The summed E-state index contributed by atoms with van der Waals surface area (Å²) in [7, 11) is 0. The molecule has 320 valence electrons. The van der Waals surface area contributed by atoms with Gasteiger partial charge in [0, 0.05) is 19.4 Å². The maximum absolute atomic E-state index is 13.3. The second-order valence-electron chi connectivity index (χ2n) is 16.9. The number of ether oxygens (including phenoxy) is 3. The lowest BCUT2D eigenvalue weighted by Crippen LogP contribution is -2.36. The molecular formula is C47H90O7. The van der Waals surface area contributed by atoms with E-state index in [1.165, 1.54) is 128 Å². The highest BCUT2D eigenvalue weighted by molar-refractivity contribution is 5.76. The molecule has 7 heteroatoms. The summed E-state index contributed by atoms with van der Waals surface area (Å²) in [5, 5.41) is 8.97. The number of hydrogen-bond donors (Lipinski definition) is 1. The van der Waals surface area contributed by atoms with Crippen molar-refractivity contribution >= 4 is 17.9 Å². The molecule has 0 bridgehead atoms. The van der Waals surface area contributed by atoms with E-state index in [1.54, 1.807) is 0 Å². The summed E-state index contributed by atoms with van der Waals surface area (Å²) in [6.45, 7) is 8.33. The van der Waals surface area contributed by atoms with Crippen LogP contribution in [0, 0.1) is 5.41 Å². The molecule has 0 aliphatic rings. The second kappa shape index (κ2) is 39.6. The van der Waals surface area contributed by atoms with Gasteiger partial charge in [-0.3, -0.25) is 14.4 Å². The van der Waals surface area contributed by atoms with Gasteiger partial charge < -0.3 is 19.3 Å². The number of aliphatic hydroxyl groups is 1. The molecule has 0 aliphatic heterocycles. The van der Waals surface area contributed by atoms with Crippen molar-refractivity contribution in [3.8, 4) is 0 Å². The largest absolute Gasteiger partial charge is 0.462 e. The fourth-order valence-electron chi connectivity index (χ4n) is 7.01. The molecule has 0 amide bonds. The first-order chi connectivity index (χ1) is 26.3. The van der Waals surface area contributed by atoms with E-state index in [0.717, 1.165) is 77.0 Å². The van der Waals surface area contributed by atoms with Crippen molar-refractivity contribution in [2.24, 2.45) is 5.41 Å². The van der Waals surface area contributed by atoms with Crippen LogP contribution in [0.25, 0.3) is 0 Å². The van der Waals surface area contributed by atoms with Crippen LogP contribution in [-0.4, -0.2) is 48.9 Å². The average molecular weight is 767 g/mol. The number of hydrogen-bond acceptors (Lipinski definition) is 7. The van der Waals surface area contributed by atoms with Gasteiger partial charge >= 0.3 is 17.9 Å². The summed E-state index contributed by atoms with van der Waals surface area (Å²) in [6, 6.07) is 0. The number of esters is 3. The van der Waals surface area contributed by atoms with E-state index < -0.39 is 11.5 Å². The zero-order chi connectivity index (χ0) is 39.8. The molecule has 0 unspecified atom stereocenters. The van der Waals surface area contributed by atoms with Crippen LogP contribution in [-0.2, 0) is 28.6 Å². The normalized spacial score (nSPS) is 11.7. The lowest BCUT2D eigenvalue weighted by Gasteiger charge is -2.26. The van der Waals surface area contributed by atoms with Crippen molar-refractivity contribution in [1.82, 2.24) is 0 Å². The highest BCUT2D eigenvalue weighted by Crippen LogP contribution is 2.27. The number of unbranched alkanes of at least 4 members (excludes halogenated alkanes) is 29. The maximum atomic E-state index is 13.3. The molecule has 0 aromatic heterocycles. The molecule has 0 aromatic rings. The summed E-state index contributed by atoms with van der Waals surface area (Å²) in [5.41, 5.74) is -0.694. The lowest BCUT2D eigenvalue weighted by molar-refractivity contribution is -0.173. The summed E-state index contributed by atoms with van der Waals surface area (Å²) in [6.07, 6.45) is 39.0. The van der Waals surface area contributed by atoms with Crippen LogP contribution in [0.15, 0.2) is 0 Å². The topological polar surface area (TPSA) is 99.1 Å². The zero-order valence-corrected chi connectivity index (χ0v) is 36.3. The van der Waals surface area contributed by atoms with Crippen molar-refractivity contribution in [2.75, 3.05) is 19.8 Å². The van der Waals surface area contributed by atoms with E-state index in [2.05, 4.69) is 13.8 Å². The van der Waals surface area contributed by atoms with E-state index in [1.807, 2.05) is 13.8 Å². The van der Waals surface area contributed by atoms with E-state index in [-0.39, 0.29) is 37.7 Å². The first kappa shape index (κ1) is 52.4. The van der Waals surface area contributed by atoms with Crippen LogP contribution >= 0.6 is 0 Å². The smallest absolute Gasteiger partial charge is 0.312 e. The molecule has 0 aliphatic carbocycles. The van der Waals surface area contributed by atoms with E-state index in [9.17, 15) is 14.4 Å². The summed E-state index contributed by atoms with van der Waals surface area (Å²) in [5.74, 6) is -0.941. The molecule has 0 saturated carbocycles. The van der Waals surface area contributed by atoms with Crippen LogP contribution in [0.2, 0.25) is 0 Å². The molecule has 0 heterocycles. The third-order valence-electron chi connectivity index (χ3n) is 10.9. The van der Waals surface area contributed by atoms with Crippen LogP contribution in [0.3, 0.4) is 0 Å². The predicted octanol–water partition coefficient (Wildman–Crippen LogP) is 13.7. The van der Waals surface area contributed by atoms with Crippen molar-refractivity contribution < 1.29 is 33.7 Å². The molecule has 7 nitrogen and oxygen atoms in total. The van der Waals surface area contributed by atoms with E-state index in [4.69, 9.17) is 19.3 Å². The standard InChI is InChI=1S/C47H90O7/c1-5-7-9-11-13-15-17-19-21-23-25-29-33-37-44(49)52-41-43(54-46(51)47(3,4)39-35-31-27-28-32-36-40-48)42-53-45(50)38-34-30-26-24-22-20-18-16-14-12-10-8-6-2/h43,48H,5-42H2,1-4H3. The van der Waals surface area contributed by atoms with Gasteiger partial charge in [-0.2, -0.15) is 0 Å². The Bertz CT molecular complexity index is 796. The van der Waals surface area contributed by atoms with Gasteiger partial charge in [-0.05, 0) is 39.5 Å². The molecule has 1 N–H and O–H groups in total. The zero-order valence-electron chi connectivity index (χ0n) is 36.3. The molecule has 0 atom stereocenters. The fraction of sp³-hybridized carbons (Fsp3) is 0.936. The summed E-state index contributed by atoms with van der Waals surface area (Å²) in [4.78, 5) is 38.5. The highest BCUT2D eigenvalue weighted by atomic mass is 16.6. The van der Waals surface area contributed by atoms with E-state index in [0.29, 0.717) is 19.3 Å². The third-order valence-corrected chi connectivity index (χ3v) is 10.9. The van der Waals surface area contributed by atoms with Gasteiger partial charge in [0.25, 0.3) is 0 Å². The Hall–Kier alpha value is -1.63. The van der Waals surface area contributed by atoms with Gasteiger partial charge in [0.05, 0.1) is 5.41 Å². The molecule has 0 spiro atoms. The van der Waals surface area contributed by atoms with Gasteiger partial charge in [0.15, 0.2) is 6.10 Å². The fourth-order valence-corrected chi connectivity index (χ4v) is 7.01. The Morgan fingerprint density at radius 2 is 0.741 bits per heavy atom. The van der Waals surface area contributed by atoms with Crippen molar-refractivity contribution in [3.63, 3.8) is 0 Å². The third kappa shape index (κ3) is 36.0. The van der Waals surface area contributed by atoms with Gasteiger partial charge in [-0.1, -0.05) is 200 Å². The molecule has 0 rings (SSSR count). The van der Waals surface area contributed by atoms with Crippen LogP contribution in [0.1, 0.15) is 252 Å². The highest BCUT2D eigenvalue weighted by Gasteiger charge is 2.32. The Labute approximate surface area is 334 Å². The SMILES string of the molecule is CCCCCCCCCCCCCCCC(=O)OCC(COC(=O)CCCCCCCCCCCCCCC)OC(=O)C(C)(C)CCCCCCCCO. The minimum Gasteiger partial charge on any atom is -0.462 e. The average Bonchev–Trinajstić information content (AvgIpc) is 3.15. The minimum absolute atomic E-state index is 0.101. The quantitative estimate of drug-likeness (QED) is 0.0375. The molecule has 54 heavy (non-hydrogen) atoms. The van der Waals surface area contributed by atoms with Gasteiger partial charge in [0.2, 0.25) is 0 Å². The summed E-state index contributed by atoms with van der Waals surface area (Å²) >= 11 is 0. The number of aliphatic hydroxyl groups excluding tert-OH is 1. The Morgan fingerprint density at radius 3 is 1.07 bits per heavy atom. The first-order valence-electron chi connectivity index (χ1n) is 23.4. The second-order valence-corrected chi connectivity index (χ2v) is 16.9. The van der Waals surface area contributed by atoms with E-state index >= 15 is 0 Å². The van der Waals surface area contributed by atoms with Crippen LogP contribution in [0.4, 0.5) is 0 Å². The van der Waals surface area contributed by atoms with Crippen molar-refractivity contribution in [2.45, 2.75) is 259 Å². The monoisotopic (exact) mass is 767 g/mol. The first-order valence-corrected chi connectivity index (χ1v) is 23.4. The molecule has 0 saturated heterocycles. The molecule has 0 fully saturated rings. The van der Waals surface area contributed by atoms with Crippen molar-refractivity contribution in [1.29, 1.82) is 0 Å². The maximum Gasteiger partial charge on any atom is 0.312 e. The van der Waals surface area contributed by atoms with Gasteiger partial charge in [-0.15, -0.1) is 0 Å². The number of carbonyl (C=O) groups is 3. The number of carbonyl (C=O) groups excluding carboxylic acids is 3. The Balaban J connectivity index is 4.49. The summed E-state index contributed by atoms with van der Waals surface area (Å²) < 4.78 is 17.0. The number of rotatable bonds is 42. The molecule has 0 radical (unpaired) electrons. The lowest BCUT2D eigenvalue weighted by atomic mass is 9.87. The van der Waals surface area contributed by atoms with Gasteiger partial charge in [-0.25, -0.2) is 0 Å². The Morgan fingerprint density at radius 1 is 0.444 bits per heavy atom. The Kier molecular flexibility index (Phi) is 38.4. The predicted molar refractivity (Wildman–Crippen MR) is 226 cm³/mol. The minimum atomic E-state index is -0.818. The van der Waals surface area contributed by atoms with Crippen LogP contribution in [0.5, 0.6) is 0 Å².